The van der Waals surface area contributed by atoms with Crippen LogP contribution >= 0.6 is 0 Å². The summed E-state index contributed by atoms with van der Waals surface area (Å²) in [6.07, 6.45) is 4.02. The molecule has 0 bridgehead atoms. The van der Waals surface area contributed by atoms with Crippen LogP contribution in [-0.2, 0) is 9.59 Å². The first-order valence-electron chi connectivity index (χ1n) is 7.60. The summed E-state index contributed by atoms with van der Waals surface area (Å²) in [6.45, 7) is 2.61. The van der Waals surface area contributed by atoms with Crippen LogP contribution in [0.25, 0.3) is 0 Å². The molecule has 2 aliphatic heterocycles. The van der Waals surface area contributed by atoms with E-state index in [1.165, 1.54) is 24.9 Å². The van der Waals surface area contributed by atoms with Crippen LogP contribution in [-0.4, -0.2) is 31.4 Å². The minimum atomic E-state index is -0.393. The average Bonchev–Trinajstić information content (AvgIpc) is 2.91. The van der Waals surface area contributed by atoms with Gasteiger partial charge in [0.15, 0.2) is 0 Å². The summed E-state index contributed by atoms with van der Waals surface area (Å²) in [6, 6.07) is 8.05. The van der Waals surface area contributed by atoms with Gasteiger partial charge in [-0.3, -0.25) is 9.59 Å². The molecule has 1 atom stereocenters. The highest BCUT2D eigenvalue weighted by molar-refractivity contribution is 6.00. The number of amides is 2. The summed E-state index contributed by atoms with van der Waals surface area (Å²) in [4.78, 5) is 27.2. The molecular formula is C16H21N3O2. The molecule has 0 unspecified atom stereocenters. The van der Waals surface area contributed by atoms with Crippen molar-refractivity contribution in [2.24, 2.45) is 11.7 Å². The van der Waals surface area contributed by atoms with E-state index in [0.29, 0.717) is 6.54 Å². The molecule has 1 aromatic carbocycles. The summed E-state index contributed by atoms with van der Waals surface area (Å²) in [5.74, 6) is -0.778. The Kier molecular flexibility index (Phi) is 3.82. The highest BCUT2D eigenvalue weighted by Crippen LogP contribution is 2.28. The number of hydrogen-bond donors (Lipinski definition) is 1. The van der Waals surface area contributed by atoms with Crippen LogP contribution in [0, 0.1) is 5.92 Å². The normalized spacial score (nSPS) is 22.7. The molecule has 0 aromatic heterocycles. The molecule has 2 saturated heterocycles. The lowest BCUT2D eigenvalue weighted by molar-refractivity contribution is -0.123. The van der Waals surface area contributed by atoms with Gasteiger partial charge in [0, 0.05) is 37.4 Å². The first-order chi connectivity index (χ1) is 10.1. The number of carbonyl (C=O) groups excluding carboxylic acids is 2. The molecule has 2 heterocycles. The Labute approximate surface area is 124 Å². The maximum Gasteiger partial charge on any atom is 0.227 e. The molecule has 0 saturated carbocycles. The molecule has 112 valence electrons. The van der Waals surface area contributed by atoms with Gasteiger partial charge in [-0.1, -0.05) is 0 Å². The van der Waals surface area contributed by atoms with Gasteiger partial charge >= 0.3 is 0 Å². The van der Waals surface area contributed by atoms with Crippen molar-refractivity contribution in [3.63, 3.8) is 0 Å². The molecule has 2 N–H and O–H groups in total. The fraction of sp³-hybridized carbons (Fsp3) is 0.500. The Balaban J connectivity index is 1.72. The zero-order valence-corrected chi connectivity index (χ0v) is 12.1. The smallest absolute Gasteiger partial charge is 0.227 e. The third kappa shape index (κ3) is 2.86. The molecular weight excluding hydrogens is 266 g/mol. The van der Waals surface area contributed by atoms with Crippen molar-refractivity contribution in [2.45, 2.75) is 25.7 Å². The number of anilines is 2. The maximum atomic E-state index is 12.0. The van der Waals surface area contributed by atoms with Crippen molar-refractivity contribution in [1.29, 1.82) is 0 Å². The Hall–Kier alpha value is -2.04. The molecule has 21 heavy (non-hydrogen) atoms. The monoisotopic (exact) mass is 287 g/mol. The van der Waals surface area contributed by atoms with Gasteiger partial charge in [-0.25, -0.2) is 0 Å². The van der Waals surface area contributed by atoms with E-state index < -0.39 is 5.91 Å². The molecule has 0 aliphatic carbocycles. The van der Waals surface area contributed by atoms with Crippen LogP contribution in [0.3, 0.4) is 0 Å². The number of carbonyl (C=O) groups is 2. The largest absolute Gasteiger partial charge is 0.372 e. The SMILES string of the molecule is NC(=O)[C@H]1CC(=O)N(c2ccc(N3CCCCC3)cc2)C1. The van der Waals surface area contributed by atoms with Crippen LogP contribution in [0.4, 0.5) is 11.4 Å². The van der Waals surface area contributed by atoms with Crippen LogP contribution < -0.4 is 15.5 Å². The number of rotatable bonds is 3. The predicted molar refractivity (Wildman–Crippen MR) is 82.2 cm³/mol. The average molecular weight is 287 g/mol. The number of benzene rings is 1. The summed E-state index contributed by atoms with van der Waals surface area (Å²) in [5, 5.41) is 0. The van der Waals surface area contributed by atoms with Crippen molar-refractivity contribution < 1.29 is 9.59 Å². The molecule has 5 nitrogen and oxygen atoms in total. The predicted octanol–water partition coefficient (Wildman–Crippen LogP) is 1.52. The van der Waals surface area contributed by atoms with E-state index in [9.17, 15) is 9.59 Å². The second kappa shape index (κ2) is 5.76. The van der Waals surface area contributed by atoms with Crippen molar-refractivity contribution in [3.8, 4) is 0 Å². The van der Waals surface area contributed by atoms with Crippen molar-refractivity contribution in [2.75, 3.05) is 29.4 Å². The molecule has 0 radical (unpaired) electrons. The topological polar surface area (TPSA) is 66.6 Å². The third-order valence-corrected chi connectivity index (χ3v) is 4.41. The quantitative estimate of drug-likeness (QED) is 0.916. The first kappa shape index (κ1) is 13.9. The fourth-order valence-electron chi connectivity index (χ4n) is 3.14. The molecule has 3 rings (SSSR count). The second-order valence-corrected chi connectivity index (χ2v) is 5.87. The number of nitrogens with zero attached hydrogens (tertiary/aromatic N) is 2. The standard InChI is InChI=1S/C16H21N3O2/c17-16(21)12-10-15(20)19(11-12)14-6-4-13(5-7-14)18-8-2-1-3-9-18/h4-7,12H,1-3,8-11H2,(H2,17,21)/t12-/m0/s1. The second-order valence-electron chi connectivity index (χ2n) is 5.87. The Morgan fingerprint density at radius 3 is 2.24 bits per heavy atom. The van der Waals surface area contributed by atoms with Gasteiger partial charge in [-0.15, -0.1) is 0 Å². The van der Waals surface area contributed by atoms with Crippen LogP contribution in [0.5, 0.6) is 0 Å². The molecule has 0 spiro atoms. The van der Waals surface area contributed by atoms with E-state index in [1.807, 2.05) is 12.1 Å². The van der Waals surface area contributed by atoms with Gasteiger partial charge in [0.05, 0.1) is 5.92 Å². The fourth-order valence-corrected chi connectivity index (χ4v) is 3.14. The Morgan fingerprint density at radius 1 is 1.05 bits per heavy atom. The Bertz CT molecular complexity index is 535. The first-order valence-corrected chi connectivity index (χ1v) is 7.60. The summed E-state index contributed by atoms with van der Waals surface area (Å²) in [7, 11) is 0. The van der Waals surface area contributed by atoms with E-state index in [-0.39, 0.29) is 18.2 Å². The lowest BCUT2D eigenvalue weighted by Crippen LogP contribution is -2.30. The molecule has 5 heteroatoms. The van der Waals surface area contributed by atoms with Gasteiger partial charge in [-0.05, 0) is 43.5 Å². The number of hydrogen-bond acceptors (Lipinski definition) is 3. The van der Waals surface area contributed by atoms with E-state index in [2.05, 4.69) is 17.0 Å². The molecule has 2 amide bonds. The lowest BCUT2D eigenvalue weighted by Gasteiger charge is -2.29. The minimum absolute atomic E-state index is 0.0236. The van der Waals surface area contributed by atoms with E-state index >= 15 is 0 Å². The van der Waals surface area contributed by atoms with Gasteiger partial charge in [0.1, 0.15) is 0 Å². The molecule has 1 aromatic rings. The zero-order chi connectivity index (χ0) is 14.8. The van der Waals surface area contributed by atoms with E-state index in [4.69, 9.17) is 5.73 Å². The van der Waals surface area contributed by atoms with Crippen LogP contribution in [0.2, 0.25) is 0 Å². The van der Waals surface area contributed by atoms with Crippen molar-refractivity contribution in [1.82, 2.24) is 0 Å². The van der Waals surface area contributed by atoms with Gasteiger partial charge < -0.3 is 15.5 Å². The Morgan fingerprint density at radius 2 is 1.67 bits per heavy atom. The third-order valence-electron chi connectivity index (χ3n) is 4.41. The van der Waals surface area contributed by atoms with Gasteiger partial charge in [-0.2, -0.15) is 0 Å². The van der Waals surface area contributed by atoms with Crippen molar-refractivity contribution in [3.05, 3.63) is 24.3 Å². The summed E-state index contributed by atoms with van der Waals surface area (Å²) >= 11 is 0. The lowest BCUT2D eigenvalue weighted by atomic mass is 10.1. The van der Waals surface area contributed by atoms with Crippen molar-refractivity contribution >= 4 is 23.2 Å². The summed E-state index contributed by atoms with van der Waals surface area (Å²) in [5.41, 5.74) is 7.35. The van der Waals surface area contributed by atoms with Crippen LogP contribution in [0.1, 0.15) is 25.7 Å². The zero-order valence-electron chi connectivity index (χ0n) is 12.1. The number of primary amides is 1. The highest BCUT2D eigenvalue weighted by Gasteiger charge is 2.33. The number of nitrogens with two attached hydrogens (primary N) is 1. The van der Waals surface area contributed by atoms with Gasteiger partial charge in [0.2, 0.25) is 11.8 Å². The maximum absolute atomic E-state index is 12.0. The molecule has 2 aliphatic rings. The highest BCUT2D eigenvalue weighted by atomic mass is 16.2. The van der Waals surface area contributed by atoms with Gasteiger partial charge in [0.25, 0.3) is 0 Å². The summed E-state index contributed by atoms with van der Waals surface area (Å²) < 4.78 is 0. The van der Waals surface area contributed by atoms with Crippen LogP contribution in [0.15, 0.2) is 24.3 Å². The van der Waals surface area contributed by atoms with E-state index in [1.54, 1.807) is 4.90 Å². The molecule has 2 fully saturated rings. The number of piperidine rings is 1. The van der Waals surface area contributed by atoms with E-state index in [0.717, 1.165) is 18.8 Å². The minimum Gasteiger partial charge on any atom is -0.372 e.